The van der Waals surface area contributed by atoms with Crippen LogP contribution in [0.15, 0.2) is 36.9 Å². The summed E-state index contributed by atoms with van der Waals surface area (Å²) in [5.41, 5.74) is 0. The minimum Gasteiger partial charge on any atom is -0.491 e. The summed E-state index contributed by atoms with van der Waals surface area (Å²) in [5.74, 6) is 0.233. The highest BCUT2D eigenvalue weighted by atomic mass is 19.1. The fourth-order valence-corrected chi connectivity index (χ4v) is 2.67. The van der Waals surface area contributed by atoms with Gasteiger partial charge in [-0.25, -0.2) is 9.37 Å². The van der Waals surface area contributed by atoms with Crippen molar-refractivity contribution in [2.45, 2.75) is 18.8 Å². The first kappa shape index (κ1) is 16.8. The average Bonchev–Trinajstić information content (AvgIpc) is 3.08. The molecule has 8 heteroatoms. The van der Waals surface area contributed by atoms with Crippen LogP contribution < -0.4 is 4.74 Å². The minimum atomic E-state index is -0.625. The molecule has 1 aliphatic heterocycles. The van der Waals surface area contributed by atoms with Gasteiger partial charge >= 0.3 is 0 Å². The highest BCUT2D eigenvalue weighted by molar-refractivity contribution is 5.22. The van der Waals surface area contributed by atoms with Gasteiger partial charge < -0.3 is 14.6 Å². The molecule has 2 atom stereocenters. The number of halogens is 1. The number of nitrogens with zero attached hydrogens (tertiary/aromatic N) is 4. The number of hydrogen-bond acceptors (Lipinski definition) is 6. The van der Waals surface area contributed by atoms with Crippen LogP contribution in [0.1, 0.15) is 0 Å². The van der Waals surface area contributed by atoms with Gasteiger partial charge in [-0.05, 0) is 24.3 Å². The molecule has 0 saturated carbocycles. The van der Waals surface area contributed by atoms with Gasteiger partial charge in [-0.2, -0.15) is 5.10 Å². The van der Waals surface area contributed by atoms with Gasteiger partial charge in [0.2, 0.25) is 0 Å². The molecule has 1 N–H and O–H groups in total. The van der Waals surface area contributed by atoms with E-state index < -0.39 is 6.10 Å². The SMILES string of the molecule is OC(COc1ccc(F)cc1)CN1CCOC(Cn2cncn2)C1. The smallest absolute Gasteiger partial charge is 0.137 e. The number of rotatable bonds is 7. The summed E-state index contributed by atoms with van der Waals surface area (Å²) in [7, 11) is 0. The van der Waals surface area contributed by atoms with Crippen LogP contribution in [0.3, 0.4) is 0 Å². The minimum absolute atomic E-state index is 0.0191. The summed E-state index contributed by atoms with van der Waals surface area (Å²) in [6.45, 7) is 3.40. The Labute approximate surface area is 139 Å². The van der Waals surface area contributed by atoms with Crippen LogP contribution in [0.25, 0.3) is 0 Å². The zero-order valence-electron chi connectivity index (χ0n) is 13.3. The van der Waals surface area contributed by atoms with Gasteiger partial charge in [-0.3, -0.25) is 9.58 Å². The van der Waals surface area contributed by atoms with E-state index >= 15 is 0 Å². The van der Waals surface area contributed by atoms with Gasteiger partial charge in [0, 0.05) is 19.6 Å². The normalized spacial score (nSPS) is 20.0. The highest BCUT2D eigenvalue weighted by Crippen LogP contribution is 2.12. The maximum Gasteiger partial charge on any atom is 0.137 e. The molecule has 0 spiro atoms. The van der Waals surface area contributed by atoms with E-state index in [1.54, 1.807) is 23.1 Å². The average molecular weight is 336 g/mol. The summed E-state index contributed by atoms with van der Waals surface area (Å²) in [5, 5.41) is 14.2. The number of aliphatic hydroxyl groups is 1. The van der Waals surface area contributed by atoms with E-state index in [4.69, 9.17) is 9.47 Å². The molecule has 0 aliphatic carbocycles. The van der Waals surface area contributed by atoms with E-state index in [0.29, 0.717) is 32.0 Å². The monoisotopic (exact) mass is 336 g/mol. The largest absolute Gasteiger partial charge is 0.491 e. The predicted molar refractivity (Wildman–Crippen MR) is 84.1 cm³/mol. The lowest BCUT2D eigenvalue weighted by atomic mass is 10.2. The van der Waals surface area contributed by atoms with Crippen LogP contribution in [0.5, 0.6) is 5.75 Å². The number of β-amino-alcohol motifs (C(OH)–C–C–N with tert-alkyl or cyclic N) is 1. The molecule has 24 heavy (non-hydrogen) atoms. The molecule has 3 rings (SSSR count). The Morgan fingerprint density at radius 3 is 2.96 bits per heavy atom. The maximum atomic E-state index is 12.8. The van der Waals surface area contributed by atoms with Gasteiger partial charge in [0.1, 0.15) is 36.9 Å². The van der Waals surface area contributed by atoms with Crippen molar-refractivity contribution in [1.29, 1.82) is 0 Å². The first-order valence-electron chi connectivity index (χ1n) is 7.92. The highest BCUT2D eigenvalue weighted by Gasteiger charge is 2.23. The summed E-state index contributed by atoms with van der Waals surface area (Å²) in [6, 6.07) is 5.76. The van der Waals surface area contributed by atoms with Crippen molar-refractivity contribution in [3.05, 3.63) is 42.7 Å². The van der Waals surface area contributed by atoms with Gasteiger partial charge in [-0.1, -0.05) is 0 Å². The quantitative estimate of drug-likeness (QED) is 0.796. The third-order valence-corrected chi connectivity index (χ3v) is 3.81. The lowest BCUT2D eigenvalue weighted by molar-refractivity contribution is -0.0517. The molecule has 0 radical (unpaired) electrons. The fraction of sp³-hybridized carbons (Fsp3) is 0.500. The van der Waals surface area contributed by atoms with Crippen molar-refractivity contribution < 1.29 is 19.0 Å². The standard InChI is InChI=1S/C16H21FN4O3/c17-13-1-3-15(4-2-13)24-10-14(22)7-20-5-6-23-16(8-20)9-21-12-18-11-19-21/h1-4,11-12,14,16,22H,5-10H2. The molecule has 1 aliphatic rings. The lowest BCUT2D eigenvalue weighted by Gasteiger charge is -2.33. The molecule has 1 saturated heterocycles. The summed E-state index contributed by atoms with van der Waals surface area (Å²) in [4.78, 5) is 6.06. The molecular formula is C16H21FN4O3. The second kappa shape index (κ2) is 8.18. The van der Waals surface area contributed by atoms with E-state index in [-0.39, 0.29) is 18.5 Å². The second-order valence-electron chi connectivity index (χ2n) is 5.79. The van der Waals surface area contributed by atoms with Gasteiger partial charge in [-0.15, -0.1) is 0 Å². The molecule has 7 nitrogen and oxygen atoms in total. The van der Waals surface area contributed by atoms with Crippen LogP contribution in [0.4, 0.5) is 4.39 Å². The third kappa shape index (κ3) is 4.98. The van der Waals surface area contributed by atoms with E-state index in [0.717, 1.165) is 6.54 Å². The molecule has 2 unspecified atom stereocenters. The van der Waals surface area contributed by atoms with Crippen molar-refractivity contribution in [3.63, 3.8) is 0 Å². The molecular weight excluding hydrogens is 315 g/mol. The molecule has 2 aromatic rings. The zero-order chi connectivity index (χ0) is 16.8. The fourth-order valence-electron chi connectivity index (χ4n) is 2.67. The summed E-state index contributed by atoms with van der Waals surface area (Å²) >= 11 is 0. The number of ether oxygens (including phenoxy) is 2. The maximum absolute atomic E-state index is 12.8. The molecule has 1 fully saturated rings. The second-order valence-corrected chi connectivity index (χ2v) is 5.79. The van der Waals surface area contributed by atoms with Crippen molar-refractivity contribution >= 4 is 0 Å². The Bertz CT molecular complexity index is 608. The van der Waals surface area contributed by atoms with Crippen molar-refractivity contribution in [2.24, 2.45) is 0 Å². The van der Waals surface area contributed by atoms with Crippen LogP contribution in [0, 0.1) is 5.82 Å². The first-order valence-corrected chi connectivity index (χ1v) is 7.92. The van der Waals surface area contributed by atoms with Gasteiger partial charge in [0.25, 0.3) is 0 Å². The Hall–Kier alpha value is -2.03. The lowest BCUT2D eigenvalue weighted by Crippen LogP contribution is -2.47. The van der Waals surface area contributed by atoms with Crippen molar-refractivity contribution in [2.75, 3.05) is 32.8 Å². The molecule has 2 heterocycles. The first-order chi connectivity index (χ1) is 11.7. The number of hydrogen-bond donors (Lipinski definition) is 1. The van der Waals surface area contributed by atoms with Gasteiger partial charge in [0.05, 0.1) is 19.3 Å². The van der Waals surface area contributed by atoms with Crippen molar-refractivity contribution in [3.8, 4) is 5.75 Å². The number of morpholine rings is 1. The van der Waals surface area contributed by atoms with E-state index in [1.807, 2.05) is 0 Å². The summed E-state index contributed by atoms with van der Waals surface area (Å²) < 4.78 is 25.8. The van der Waals surface area contributed by atoms with Gasteiger partial charge in [0.15, 0.2) is 0 Å². The van der Waals surface area contributed by atoms with Crippen LogP contribution in [0.2, 0.25) is 0 Å². The van der Waals surface area contributed by atoms with Crippen LogP contribution in [-0.2, 0) is 11.3 Å². The van der Waals surface area contributed by atoms with Crippen LogP contribution in [-0.4, -0.2) is 69.8 Å². The Balaban J connectivity index is 1.41. The number of aliphatic hydroxyl groups excluding tert-OH is 1. The van der Waals surface area contributed by atoms with Crippen LogP contribution >= 0.6 is 0 Å². The Morgan fingerprint density at radius 2 is 2.21 bits per heavy atom. The zero-order valence-corrected chi connectivity index (χ0v) is 13.3. The van der Waals surface area contributed by atoms with E-state index in [9.17, 15) is 9.50 Å². The van der Waals surface area contributed by atoms with Crippen molar-refractivity contribution in [1.82, 2.24) is 19.7 Å². The van der Waals surface area contributed by atoms with E-state index in [1.165, 1.54) is 18.5 Å². The molecule has 1 aromatic carbocycles. The molecule has 0 amide bonds. The molecule has 1 aromatic heterocycles. The number of aromatic nitrogens is 3. The van der Waals surface area contributed by atoms with E-state index in [2.05, 4.69) is 15.0 Å². The summed E-state index contributed by atoms with van der Waals surface area (Å²) in [6.07, 6.45) is 2.55. The number of benzene rings is 1. The Morgan fingerprint density at radius 1 is 1.38 bits per heavy atom. The third-order valence-electron chi connectivity index (χ3n) is 3.81. The predicted octanol–water partition coefficient (Wildman–Crippen LogP) is 0.558. The molecule has 130 valence electrons. The molecule has 0 bridgehead atoms. The Kier molecular flexibility index (Phi) is 5.73. The topological polar surface area (TPSA) is 72.6 Å².